The molecule has 0 aliphatic rings. The summed E-state index contributed by atoms with van der Waals surface area (Å²) < 4.78 is 0. The van der Waals surface area contributed by atoms with Gasteiger partial charge in [-0.1, -0.05) is 19.1 Å². The molecule has 0 aliphatic carbocycles. The summed E-state index contributed by atoms with van der Waals surface area (Å²) in [6.07, 6.45) is 3.83. The van der Waals surface area contributed by atoms with E-state index < -0.39 is 0 Å². The lowest BCUT2D eigenvalue weighted by atomic mass is 10.1. The molecule has 1 unspecified atom stereocenters. The van der Waals surface area contributed by atoms with Gasteiger partial charge in [0.15, 0.2) is 5.96 Å². The van der Waals surface area contributed by atoms with Crippen LogP contribution in [0.3, 0.4) is 0 Å². The fourth-order valence-corrected chi connectivity index (χ4v) is 3.06. The van der Waals surface area contributed by atoms with Crippen LogP contribution in [0.1, 0.15) is 17.5 Å². The zero-order chi connectivity index (χ0) is 15.6. The molecule has 0 aromatic carbocycles. The van der Waals surface area contributed by atoms with Crippen LogP contribution < -0.4 is 10.6 Å². The molecule has 0 fully saturated rings. The van der Waals surface area contributed by atoms with E-state index in [2.05, 4.69) is 45.0 Å². The minimum absolute atomic E-state index is 0.577. The number of hydrogen-bond donors (Lipinski definition) is 2. The minimum Gasteiger partial charge on any atom is -0.356 e. The Morgan fingerprint density at radius 3 is 2.86 bits per heavy atom. The van der Waals surface area contributed by atoms with Crippen LogP contribution in [0.25, 0.3) is 0 Å². The second-order valence-electron chi connectivity index (χ2n) is 5.34. The van der Waals surface area contributed by atoms with E-state index in [1.54, 1.807) is 7.05 Å². The third-order valence-electron chi connectivity index (χ3n) is 3.37. The largest absolute Gasteiger partial charge is 0.356 e. The van der Waals surface area contributed by atoms with Crippen molar-refractivity contribution >= 4 is 17.3 Å². The van der Waals surface area contributed by atoms with Gasteiger partial charge in [0.25, 0.3) is 0 Å². The minimum atomic E-state index is 0.577. The molecule has 2 aromatic rings. The molecule has 5 heteroatoms. The van der Waals surface area contributed by atoms with E-state index in [4.69, 9.17) is 0 Å². The molecule has 2 N–H and O–H groups in total. The normalized spacial score (nSPS) is 12.9. The molecule has 2 rings (SSSR count). The maximum atomic E-state index is 4.32. The van der Waals surface area contributed by atoms with E-state index in [9.17, 15) is 0 Å². The summed E-state index contributed by atoms with van der Waals surface area (Å²) in [5.74, 6) is 1.43. The second kappa shape index (κ2) is 9.20. The number of aromatic nitrogens is 1. The van der Waals surface area contributed by atoms with Gasteiger partial charge in [0.1, 0.15) is 0 Å². The first kappa shape index (κ1) is 16.5. The lowest BCUT2D eigenvalue weighted by Gasteiger charge is -2.15. The molecule has 0 spiro atoms. The molecule has 0 saturated heterocycles. The zero-order valence-corrected chi connectivity index (χ0v) is 14.1. The van der Waals surface area contributed by atoms with Gasteiger partial charge in [-0.3, -0.25) is 9.98 Å². The van der Waals surface area contributed by atoms with Gasteiger partial charge in [-0.15, -0.1) is 11.3 Å². The van der Waals surface area contributed by atoms with Crippen molar-refractivity contribution in [2.45, 2.75) is 19.8 Å². The molecule has 2 aromatic heterocycles. The molecule has 2 heterocycles. The summed E-state index contributed by atoms with van der Waals surface area (Å²) in [6.45, 7) is 4.01. The number of aliphatic imine (C=N–C) groups is 1. The van der Waals surface area contributed by atoms with Crippen molar-refractivity contribution in [1.29, 1.82) is 0 Å². The van der Waals surface area contributed by atoms with Gasteiger partial charge in [0, 0.05) is 43.3 Å². The fourth-order valence-electron chi connectivity index (χ4n) is 2.19. The maximum Gasteiger partial charge on any atom is 0.190 e. The van der Waals surface area contributed by atoms with Gasteiger partial charge >= 0.3 is 0 Å². The number of rotatable bonds is 7. The summed E-state index contributed by atoms with van der Waals surface area (Å²) in [5, 5.41) is 8.86. The highest BCUT2D eigenvalue weighted by atomic mass is 32.1. The highest BCUT2D eigenvalue weighted by Gasteiger charge is 2.06. The molecular weight excluding hydrogens is 292 g/mol. The Bertz CT molecular complexity index is 551. The summed E-state index contributed by atoms with van der Waals surface area (Å²) in [6, 6.07) is 10.3. The van der Waals surface area contributed by atoms with Crippen LogP contribution in [0, 0.1) is 5.92 Å². The van der Waals surface area contributed by atoms with Gasteiger partial charge in [-0.05, 0) is 35.9 Å². The van der Waals surface area contributed by atoms with Gasteiger partial charge < -0.3 is 10.6 Å². The van der Waals surface area contributed by atoms with E-state index in [1.807, 2.05) is 35.7 Å². The van der Waals surface area contributed by atoms with E-state index in [-0.39, 0.29) is 0 Å². The van der Waals surface area contributed by atoms with E-state index in [1.165, 1.54) is 4.88 Å². The molecule has 0 aliphatic heterocycles. The first-order chi connectivity index (χ1) is 10.8. The van der Waals surface area contributed by atoms with Crippen LogP contribution in [-0.2, 0) is 12.8 Å². The Balaban J connectivity index is 1.66. The first-order valence-electron chi connectivity index (χ1n) is 7.64. The quantitative estimate of drug-likeness (QED) is 0.610. The smallest absolute Gasteiger partial charge is 0.190 e. The molecular formula is C17H24N4S. The number of nitrogens with one attached hydrogen (secondary N) is 2. The molecule has 22 heavy (non-hydrogen) atoms. The molecule has 0 radical (unpaired) electrons. The predicted molar refractivity (Wildman–Crippen MR) is 94.5 cm³/mol. The van der Waals surface area contributed by atoms with Crippen LogP contribution in [0.4, 0.5) is 0 Å². The molecule has 0 saturated carbocycles. The lowest BCUT2D eigenvalue weighted by molar-refractivity contribution is 0.562. The SMILES string of the molecule is CN=C(NCCc1ccccn1)NCC(C)Cc1cccs1. The van der Waals surface area contributed by atoms with Crippen LogP contribution in [-0.4, -0.2) is 31.1 Å². The Morgan fingerprint density at radius 2 is 2.18 bits per heavy atom. The van der Waals surface area contributed by atoms with Gasteiger partial charge in [-0.2, -0.15) is 0 Å². The summed E-state index contributed by atoms with van der Waals surface area (Å²) in [4.78, 5) is 10.0. The predicted octanol–water partition coefficient (Wildman–Crippen LogP) is 2.73. The number of nitrogens with zero attached hydrogens (tertiary/aromatic N) is 2. The Morgan fingerprint density at radius 1 is 1.27 bits per heavy atom. The number of pyridine rings is 1. The van der Waals surface area contributed by atoms with E-state index in [0.29, 0.717) is 5.92 Å². The van der Waals surface area contributed by atoms with Crippen LogP contribution in [0.15, 0.2) is 46.9 Å². The maximum absolute atomic E-state index is 4.32. The van der Waals surface area contributed by atoms with Crippen molar-refractivity contribution in [2.24, 2.45) is 10.9 Å². The van der Waals surface area contributed by atoms with Crippen molar-refractivity contribution in [3.05, 3.63) is 52.5 Å². The standard InChI is InChI=1S/C17H24N4S/c1-14(12-16-7-5-11-22-16)13-21-17(18-2)20-10-8-15-6-3-4-9-19-15/h3-7,9,11,14H,8,10,12-13H2,1-2H3,(H2,18,20,21). The average molecular weight is 316 g/mol. The molecule has 0 amide bonds. The van der Waals surface area contributed by atoms with Crippen LogP contribution in [0.5, 0.6) is 0 Å². The Labute approximate surface area is 136 Å². The molecule has 1 atom stereocenters. The third-order valence-corrected chi connectivity index (χ3v) is 4.27. The zero-order valence-electron chi connectivity index (χ0n) is 13.2. The van der Waals surface area contributed by atoms with Crippen molar-refractivity contribution < 1.29 is 0 Å². The number of guanidine groups is 1. The van der Waals surface area contributed by atoms with Gasteiger partial charge in [0.2, 0.25) is 0 Å². The topological polar surface area (TPSA) is 49.3 Å². The average Bonchev–Trinajstić information content (AvgIpc) is 3.04. The summed E-state index contributed by atoms with van der Waals surface area (Å²) in [7, 11) is 1.81. The lowest BCUT2D eigenvalue weighted by Crippen LogP contribution is -2.40. The molecule has 4 nitrogen and oxygen atoms in total. The number of thiophene rings is 1. The number of hydrogen-bond acceptors (Lipinski definition) is 3. The Kier molecular flexibility index (Phi) is 6.90. The summed E-state index contributed by atoms with van der Waals surface area (Å²) >= 11 is 1.82. The van der Waals surface area contributed by atoms with E-state index in [0.717, 1.165) is 37.6 Å². The Hall–Kier alpha value is -1.88. The van der Waals surface area contributed by atoms with E-state index >= 15 is 0 Å². The third kappa shape index (κ3) is 5.85. The highest BCUT2D eigenvalue weighted by Crippen LogP contribution is 2.13. The van der Waals surface area contributed by atoms with Gasteiger partial charge in [-0.25, -0.2) is 0 Å². The summed E-state index contributed by atoms with van der Waals surface area (Å²) in [5.41, 5.74) is 1.09. The van der Waals surface area contributed by atoms with Crippen molar-refractivity contribution in [2.75, 3.05) is 20.1 Å². The first-order valence-corrected chi connectivity index (χ1v) is 8.52. The van der Waals surface area contributed by atoms with Gasteiger partial charge in [0.05, 0.1) is 0 Å². The fraction of sp³-hybridized carbons (Fsp3) is 0.412. The monoisotopic (exact) mass is 316 g/mol. The van der Waals surface area contributed by atoms with Crippen LogP contribution >= 0.6 is 11.3 Å². The van der Waals surface area contributed by atoms with Crippen LogP contribution in [0.2, 0.25) is 0 Å². The van der Waals surface area contributed by atoms with Crippen molar-refractivity contribution in [3.8, 4) is 0 Å². The molecule has 118 valence electrons. The highest BCUT2D eigenvalue weighted by molar-refractivity contribution is 7.09. The molecule has 0 bridgehead atoms. The van der Waals surface area contributed by atoms with Crippen molar-refractivity contribution in [3.63, 3.8) is 0 Å². The second-order valence-corrected chi connectivity index (χ2v) is 6.37. The van der Waals surface area contributed by atoms with Crippen molar-refractivity contribution in [1.82, 2.24) is 15.6 Å².